The van der Waals surface area contributed by atoms with E-state index in [0.717, 1.165) is 64.6 Å². The molecule has 2 aliphatic heterocycles. The number of unbranched alkanes of at least 4 members (excludes halogenated alkanes) is 1. The molecule has 4 rings (SSSR count). The number of ether oxygens (including phenoxy) is 3. The molecule has 1 saturated carbocycles. The van der Waals surface area contributed by atoms with E-state index in [1.807, 2.05) is 4.90 Å². The van der Waals surface area contributed by atoms with Gasteiger partial charge in [0.1, 0.15) is 5.75 Å². The zero-order chi connectivity index (χ0) is 28.7. The fourth-order valence-electron chi connectivity index (χ4n) is 6.43. The first-order valence-corrected chi connectivity index (χ1v) is 15.3. The Balaban J connectivity index is 1.59. The summed E-state index contributed by atoms with van der Waals surface area (Å²) in [6.45, 7) is 8.21. The predicted molar refractivity (Wildman–Crippen MR) is 155 cm³/mol. The summed E-state index contributed by atoms with van der Waals surface area (Å²) in [4.78, 5) is 45.0. The number of anilines is 1. The average Bonchev–Trinajstić information content (AvgIpc) is 2.96. The van der Waals surface area contributed by atoms with E-state index in [2.05, 4.69) is 13.8 Å². The van der Waals surface area contributed by atoms with Gasteiger partial charge in [0.05, 0.1) is 5.69 Å². The molecule has 222 valence electrons. The van der Waals surface area contributed by atoms with Crippen LogP contribution in [0.5, 0.6) is 5.75 Å². The van der Waals surface area contributed by atoms with Crippen LogP contribution >= 0.6 is 0 Å². The molecule has 40 heavy (non-hydrogen) atoms. The standard InChI is InChI=1S/C32H48N2O6/c1-23(2)34(26-10-6-5-7-11-26)30(36)25-13-14-28-27(22-25)33(18-8-9-19-38-4)31(37)32(3,40-28)29(35)15-12-24-16-20-39-21-17-24/h13-14,22-24,26H,5-12,15-21H2,1-4H3. The Hall–Kier alpha value is -2.45. The highest BCUT2D eigenvalue weighted by Crippen LogP contribution is 2.40. The van der Waals surface area contributed by atoms with Crippen molar-refractivity contribution in [2.45, 2.75) is 109 Å². The van der Waals surface area contributed by atoms with E-state index < -0.39 is 5.60 Å². The van der Waals surface area contributed by atoms with E-state index >= 15 is 0 Å². The third kappa shape index (κ3) is 6.88. The Morgan fingerprint density at radius 1 is 1.10 bits per heavy atom. The van der Waals surface area contributed by atoms with Crippen LogP contribution in [0.4, 0.5) is 5.69 Å². The van der Waals surface area contributed by atoms with E-state index in [9.17, 15) is 14.4 Å². The summed E-state index contributed by atoms with van der Waals surface area (Å²) in [7, 11) is 1.66. The summed E-state index contributed by atoms with van der Waals surface area (Å²) in [6, 6.07) is 5.64. The molecule has 1 unspecified atom stereocenters. The third-order valence-electron chi connectivity index (χ3n) is 8.86. The Labute approximate surface area is 239 Å². The first-order valence-electron chi connectivity index (χ1n) is 15.3. The van der Waals surface area contributed by atoms with Crippen LogP contribution in [-0.4, -0.2) is 73.7 Å². The number of fused-ring (bicyclic) bond motifs is 1. The monoisotopic (exact) mass is 556 g/mol. The molecule has 0 spiro atoms. The van der Waals surface area contributed by atoms with Gasteiger partial charge in [0.25, 0.3) is 11.8 Å². The van der Waals surface area contributed by atoms with E-state index in [0.29, 0.717) is 48.9 Å². The number of hydrogen-bond acceptors (Lipinski definition) is 6. The van der Waals surface area contributed by atoms with Crippen LogP contribution in [0, 0.1) is 5.92 Å². The second-order valence-corrected chi connectivity index (χ2v) is 12.1. The topological polar surface area (TPSA) is 85.4 Å². The Morgan fingerprint density at radius 2 is 1.82 bits per heavy atom. The van der Waals surface area contributed by atoms with Gasteiger partial charge < -0.3 is 24.0 Å². The van der Waals surface area contributed by atoms with Crippen LogP contribution in [0.2, 0.25) is 0 Å². The molecule has 0 bridgehead atoms. The van der Waals surface area contributed by atoms with Crippen molar-refractivity contribution in [2.24, 2.45) is 5.92 Å². The van der Waals surface area contributed by atoms with Crippen molar-refractivity contribution < 1.29 is 28.6 Å². The first-order chi connectivity index (χ1) is 19.3. The molecule has 1 aromatic rings. The van der Waals surface area contributed by atoms with Gasteiger partial charge in [-0.2, -0.15) is 0 Å². The van der Waals surface area contributed by atoms with Crippen LogP contribution in [0.25, 0.3) is 0 Å². The van der Waals surface area contributed by atoms with E-state index in [1.54, 1.807) is 37.1 Å². The predicted octanol–water partition coefficient (Wildman–Crippen LogP) is 5.56. The molecule has 2 heterocycles. The van der Waals surface area contributed by atoms with Gasteiger partial charge in [-0.3, -0.25) is 14.4 Å². The van der Waals surface area contributed by atoms with Crippen molar-refractivity contribution >= 4 is 23.3 Å². The number of Topliss-reactive ketones (excluding diaryl/α,β-unsaturated/α-hetero) is 1. The van der Waals surface area contributed by atoms with Crippen molar-refractivity contribution in [3.63, 3.8) is 0 Å². The van der Waals surface area contributed by atoms with Crippen molar-refractivity contribution in [3.8, 4) is 5.75 Å². The molecule has 0 radical (unpaired) electrons. The fourth-order valence-corrected chi connectivity index (χ4v) is 6.43. The van der Waals surface area contributed by atoms with Crippen LogP contribution in [0.15, 0.2) is 18.2 Å². The molecule has 2 fully saturated rings. The van der Waals surface area contributed by atoms with Crippen molar-refractivity contribution in [1.82, 2.24) is 4.90 Å². The van der Waals surface area contributed by atoms with Crippen LogP contribution in [-0.2, 0) is 19.1 Å². The number of methoxy groups -OCH3 is 1. The largest absolute Gasteiger partial charge is 0.468 e. The van der Waals surface area contributed by atoms with Gasteiger partial charge in [0.2, 0.25) is 5.60 Å². The van der Waals surface area contributed by atoms with Crippen molar-refractivity contribution in [2.75, 3.05) is 38.4 Å². The molecule has 1 aromatic carbocycles. The van der Waals surface area contributed by atoms with Crippen molar-refractivity contribution in [3.05, 3.63) is 23.8 Å². The number of rotatable bonds is 12. The SMILES string of the molecule is COCCCCN1C(=O)C(C)(C(=O)CCC2CCOCC2)Oc2ccc(C(=O)N(C(C)C)C3CCCCC3)cc21. The lowest BCUT2D eigenvalue weighted by atomic mass is 9.87. The fraction of sp³-hybridized carbons (Fsp3) is 0.719. The lowest BCUT2D eigenvalue weighted by Crippen LogP contribution is -2.59. The highest BCUT2D eigenvalue weighted by molar-refractivity contribution is 6.17. The van der Waals surface area contributed by atoms with E-state index in [1.165, 1.54) is 6.42 Å². The minimum Gasteiger partial charge on any atom is -0.468 e. The van der Waals surface area contributed by atoms with Gasteiger partial charge in [0, 0.05) is 57.5 Å². The zero-order valence-electron chi connectivity index (χ0n) is 24.9. The van der Waals surface area contributed by atoms with E-state index in [4.69, 9.17) is 14.2 Å². The summed E-state index contributed by atoms with van der Waals surface area (Å²) in [5.41, 5.74) is -0.474. The Morgan fingerprint density at radius 3 is 2.50 bits per heavy atom. The molecule has 8 nitrogen and oxygen atoms in total. The number of amides is 2. The molecule has 8 heteroatoms. The maximum absolute atomic E-state index is 14.0. The summed E-state index contributed by atoms with van der Waals surface area (Å²) < 4.78 is 16.9. The van der Waals surface area contributed by atoms with Gasteiger partial charge in [-0.05, 0) is 89.8 Å². The Bertz CT molecular complexity index is 1030. The summed E-state index contributed by atoms with van der Waals surface area (Å²) in [6.07, 6.45) is 9.96. The molecule has 0 N–H and O–H groups in total. The van der Waals surface area contributed by atoms with Crippen LogP contribution in [0.1, 0.15) is 102 Å². The lowest BCUT2D eigenvalue weighted by molar-refractivity contribution is -0.147. The number of hydrogen-bond donors (Lipinski definition) is 0. The van der Waals surface area contributed by atoms with Gasteiger partial charge in [0.15, 0.2) is 5.78 Å². The number of ketones is 1. The quantitative estimate of drug-likeness (QED) is 0.248. The molecule has 1 saturated heterocycles. The second-order valence-electron chi connectivity index (χ2n) is 12.1. The number of benzene rings is 1. The second kappa shape index (κ2) is 13.9. The maximum atomic E-state index is 14.0. The highest BCUT2D eigenvalue weighted by atomic mass is 16.5. The first kappa shape index (κ1) is 30.5. The van der Waals surface area contributed by atoms with Crippen LogP contribution in [0.3, 0.4) is 0 Å². The van der Waals surface area contributed by atoms with Gasteiger partial charge in [-0.1, -0.05) is 19.3 Å². The third-order valence-corrected chi connectivity index (χ3v) is 8.86. The zero-order valence-corrected chi connectivity index (χ0v) is 24.9. The minimum atomic E-state index is -1.59. The van der Waals surface area contributed by atoms with Gasteiger partial charge in [-0.25, -0.2) is 0 Å². The number of carbonyl (C=O) groups excluding carboxylic acids is 3. The van der Waals surface area contributed by atoms with Crippen LogP contribution < -0.4 is 9.64 Å². The normalized spacial score (nSPS) is 22.2. The summed E-state index contributed by atoms with van der Waals surface area (Å²) in [5, 5.41) is 0. The van der Waals surface area contributed by atoms with Gasteiger partial charge in [-0.15, -0.1) is 0 Å². The van der Waals surface area contributed by atoms with Gasteiger partial charge >= 0.3 is 0 Å². The molecule has 3 aliphatic rings. The maximum Gasteiger partial charge on any atom is 0.278 e. The molecule has 1 aliphatic carbocycles. The number of carbonyl (C=O) groups is 3. The average molecular weight is 557 g/mol. The lowest BCUT2D eigenvalue weighted by Gasteiger charge is -2.41. The molecule has 0 aromatic heterocycles. The molecular formula is C32H48N2O6. The molecular weight excluding hydrogens is 508 g/mol. The molecule has 1 atom stereocenters. The van der Waals surface area contributed by atoms with Crippen molar-refractivity contribution in [1.29, 1.82) is 0 Å². The summed E-state index contributed by atoms with van der Waals surface area (Å²) >= 11 is 0. The highest BCUT2D eigenvalue weighted by Gasteiger charge is 2.50. The minimum absolute atomic E-state index is 0.0163. The smallest absolute Gasteiger partial charge is 0.278 e. The molecule has 2 amide bonds. The number of nitrogens with zero attached hydrogens (tertiary/aromatic N) is 2. The Kier molecular flexibility index (Phi) is 10.6. The van der Waals surface area contributed by atoms with E-state index in [-0.39, 0.29) is 29.7 Å². The summed E-state index contributed by atoms with van der Waals surface area (Å²) in [5.74, 6) is 0.335.